The van der Waals surface area contributed by atoms with E-state index < -0.39 is 17.9 Å². The van der Waals surface area contributed by atoms with Gasteiger partial charge in [0.05, 0.1) is 40.1 Å². The lowest BCUT2D eigenvalue weighted by Gasteiger charge is -2.19. The van der Waals surface area contributed by atoms with E-state index in [1.165, 1.54) is 16.9 Å². The predicted octanol–water partition coefficient (Wildman–Crippen LogP) is 3.95. The van der Waals surface area contributed by atoms with Crippen molar-refractivity contribution in [1.29, 1.82) is 0 Å². The SMILES string of the molecule is CCCCOC(=O)C(CNC(=O)c1cccs1)NC(=O)c1c(C)nc(NCCCc2cccc3[nH]ncc23)nc1C. The molecule has 12 heteroatoms. The largest absolute Gasteiger partial charge is 0.464 e. The summed E-state index contributed by atoms with van der Waals surface area (Å²) in [6.45, 7) is 6.20. The van der Waals surface area contributed by atoms with Gasteiger partial charge in [0, 0.05) is 18.5 Å². The van der Waals surface area contributed by atoms with Crippen LogP contribution in [0.3, 0.4) is 0 Å². The van der Waals surface area contributed by atoms with E-state index in [0.29, 0.717) is 35.2 Å². The second-order valence-electron chi connectivity index (χ2n) is 9.61. The number of hydrogen-bond acceptors (Lipinski definition) is 9. The third kappa shape index (κ3) is 7.88. The summed E-state index contributed by atoms with van der Waals surface area (Å²) in [7, 11) is 0. The van der Waals surface area contributed by atoms with Crippen molar-refractivity contribution in [3.05, 3.63) is 69.3 Å². The molecule has 3 heterocycles. The standard InChI is InChI=1S/C29H35N7O4S/c1-4-5-14-40-28(39)23(17-31-26(37)24-12-8-15-41-24)35-27(38)25-18(2)33-29(34-19(25)3)30-13-7-10-20-9-6-11-22-21(20)16-32-36-22/h6,8-9,11-12,15-16,23H,4-5,7,10,13-14,17H2,1-3H3,(H,31,37)(H,32,36)(H,35,38)(H,30,33,34). The second-order valence-corrected chi connectivity index (χ2v) is 10.6. The summed E-state index contributed by atoms with van der Waals surface area (Å²) in [5, 5.41) is 18.7. The minimum Gasteiger partial charge on any atom is -0.464 e. The summed E-state index contributed by atoms with van der Waals surface area (Å²) >= 11 is 1.29. The topological polar surface area (TPSA) is 151 Å². The van der Waals surface area contributed by atoms with Crippen molar-refractivity contribution in [3.63, 3.8) is 0 Å². The number of fused-ring (bicyclic) bond motifs is 1. The third-order valence-electron chi connectivity index (χ3n) is 6.52. The Bertz CT molecular complexity index is 1460. The number of nitrogens with zero attached hydrogens (tertiary/aromatic N) is 3. The van der Waals surface area contributed by atoms with E-state index in [0.717, 1.165) is 30.2 Å². The van der Waals surface area contributed by atoms with Gasteiger partial charge < -0.3 is 20.7 Å². The molecule has 0 aliphatic rings. The van der Waals surface area contributed by atoms with Crippen LogP contribution in [-0.2, 0) is 16.0 Å². The fourth-order valence-electron chi connectivity index (χ4n) is 4.38. The van der Waals surface area contributed by atoms with Crippen molar-refractivity contribution in [1.82, 2.24) is 30.8 Å². The minimum absolute atomic E-state index is 0.113. The number of ether oxygens (including phenoxy) is 1. The van der Waals surface area contributed by atoms with Crippen molar-refractivity contribution in [3.8, 4) is 0 Å². The Morgan fingerprint density at radius 3 is 2.59 bits per heavy atom. The first-order valence-corrected chi connectivity index (χ1v) is 14.5. The normalized spacial score (nSPS) is 11.7. The molecule has 0 saturated heterocycles. The molecular formula is C29H35N7O4S. The maximum atomic E-state index is 13.3. The number of nitrogens with one attached hydrogen (secondary N) is 4. The van der Waals surface area contributed by atoms with E-state index in [2.05, 4.69) is 42.2 Å². The van der Waals surface area contributed by atoms with Gasteiger partial charge in [-0.05, 0) is 56.2 Å². The first kappa shape index (κ1) is 29.7. The molecule has 4 aromatic rings. The number of esters is 1. The van der Waals surface area contributed by atoms with Gasteiger partial charge in [-0.2, -0.15) is 5.10 Å². The molecule has 1 unspecified atom stereocenters. The molecule has 4 N–H and O–H groups in total. The molecule has 1 aromatic carbocycles. The van der Waals surface area contributed by atoms with Gasteiger partial charge in [-0.3, -0.25) is 14.7 Å². The number of aromatic amines is 1. The smallest absolute Gasteiger partial charge is 0.330 e. The molecule has 41 heavy (non-hydrogen) atoms. The zero-order chi connectivity index (χ0) is 29.2. The molecule has 0 radical (unpaired) electrons. The maximum absolute atomic E-state index is 13.3. The molecule has 216 valence electrons. The van der Waals surface area contributed by atoms with E-state index in [9.17, 15) is 14.4 Å². The Morgan fingerprint density at radius 1 is 1.05 bits per heavy atom. The lowest BCUT2D eigenvalue weighted by molar-refractivity contribution is -0.145. The fraction of sp³-hybridized carbons (Fsp3) is 0.379. The van der Waals surface area contributed by atoms with Crippen molar-refractivity contribution < 1.29 is 19.1 Å². The first-order valence-electron chi connectivity index (χ1n) is 13.7. The zero-order valence-electron chi connectivity index (χ0n) is 23.5. The number of unbranched alkanes of at least 4 members (excludes halogenated alkanes) is 1. The average Bonchev–Trinajstić information content (AvgIpc) is 3.66. The Hall–Kier alpha value is -4.32. The van der Waals surface area contributed by atoms with E-state index >= 15 is 0 Å². The van der Waals surface area contributed by atoms with E-state index in [1.54, 1.807) is 31.4 Å². The summed E-state index contributed by atoms with van der Waals surface area (Å²) in [5.74, 6) is -1.02. The quantitative estimate of drug-likeness (QED) is 0.130. The summed E-state index contributed by atoms with van der Waals surface area (Å²) in [5.41, 5.74) is 3.45. The zero-order valence-corrected chi connectivity index (χ0v) is 24.3. The van der Waals surface area contributed by atoms with Gasteiger partial charge in [0.2, 0.25) is 5.95 Å². The Labute approximate surface area is 242 Å². The Morgan fingerprint density at radius 2 is 1.85 bits per heavy atom. The molecular weight excluding hydrogens is 542 g/mol. The number of hydrogen-bond donors (Lipinski definition) is 4. The minimum atomic E-state index is -1.07. The number of aryl methyl sites for hydroxylation is 3. The van der Waals surface area contributed by atoms with Crippen LogP contribution in [0.4, 0.5) is 5.95 Å². The van der Waals surface area contributed by atoms with Crippen LogP contribution in [0.25, 0.3) is 10.9 Å². The number of aromatic nitrogens is 4. The third-order valence-corrected chi connectivity index (χ3v) is 7.39. The van der Waals surface area contributed by atoms with Gasteiger partial charge >= 0.3 is 5.97 Å². The average molecular weight is 578 g/mol. The molecule has 2 amide bonds. The van der Waals surface area contributed by atoms with Crippen LogP contribution in [0.1, 0.15) is 63.2 Å². The molecule has 0 aliphatic heterocycles. The monoisotopic (exact) mass is 577 g/mol. The van der Waals surface area contributed by atoms with Crippen LogP contribution in [0, 0.1) is 13.8 Å². The van der Waals surface area contributed by atoms with Crippen molar-refractivity contribution in [2.24, 2.45) is 0 Å². The number of carbonyl (C=O) groups is 3. The molecule has 11 nitrogen and oxygen atoms in total. The first-order chi connectivity index (χ1) is 19.9. The molecule has 0 saturated carbocycles. The highest BCUT2D eigenvalue weighted by Crippen LogP contribution is 2.18. The molecule has 0 aliphatic carbocycles. The van der Waals surface area contributed by atoms with Crippen LogP contribution in [-0.4, -0.2) is 63.7 Å². The summed E-state index contributed by atoms with van der Waals surface area (Å²) < 4.78 is 5.34. The highest BCUT2D eigenvalue weighted by Gasteiger charge is 2.26. The molecule has 1 atom stereocenters. The fourth-order valence-corrected chi connectivity index (χ4v) is 5.02. The van der Waals surface area contributed by atoms with Crippen LogP contribution in [0.15, 0.2) is 41.9 Å². The summed E-state index contributed by atoms with van der Waals surface area (Å²) in [4.78, 5) is 48.0. The molecule has 0 fully saturated rings. The Kier molecular flexibility index (Phi) is 10.4. The maximum Gasteiger partial charge on any atom is 0.330 e. The second kappa shape index (κ2) is 14.4. The van der Waals surface area contributed by atoms with Crippen LogP contribution >= 0.6 is 11.3 Å². The van der Waals surface area contributed by atoms with Gasteiger partial charge in [0.1, 0.15) is 6.04 Å². The predicted molar refractivity (Wildman–Crippen MR) is 158 cm³/mol. The van der Waals surface area contributed by atoms with E-state index in [4.69, 9.17) is 4.74 Å². The number of thiophene rings is 1. The van der Waals surface area contributed by atoms with Crippen LogP contribution in [0.2, 0.25) is 0 Å². The van der Waals surface area contributed by atoms with Gasteiger partial charge in [-0.25, -0.2) is 14.8 Å². The van der Waals surface area contributed by atoms with E-state index in [1.807, 2.05) is 25.3 Å². The van der Waals surface area contributed by atoms with Crippen molar-refractivity contribution >= 4 is 46.0 Å². The van der Waals surface area contributed by atoms with Gasteiger partial charge in [0.15, 0.2) is 0 Å². The lowest BCUT2D eigenvalue weighted by atomic mass is 10.1. The number of carbonyl (C=O) groups excluding carboxylic acids is 3. The molecule has 0 spiro atoms. The number of amides is 2. The summed E-state index contributed by atoms with van der Waals surface area (Å²) in [6.07, 6.45) is 5.11. The highest BCUT2D eigenvalue weighted by molar-refractivity contribution is 7.12. The number of anilines is 1. The van der Waals surface area contributed by atoms with Crippen molar-refractivity contribution in [2.75, 3.05) is 25.0 Å². The number of H-pyrrole nitrogens is 1. The molecule has 0 bridgehead atoms. The summed E-state index contributed by atoms with van der Waals surface area (Å²) in [6, 6.07) is 8.49. The van der Waals surface area contributed by atoms with Gasteiger partial charge in [-0.15, -0.1) is 11.3 Å². The lowest BCUT2D eigenvalue weighted by Crippen LogP contribution is -2.49. The Balaban J connectivity index is 1.36. The van der Waals surface area contributed by atoms with E-state index in [-0.39, 0.29) is 24.6 Å². The van der Waals surface area contributed by atoms with Gasteiger partial charge in [-0.1, -0.05) is 31.5 Å². The van der Waals surface area contributed by atoms with Crippen molar-refractivity contribution in [2.45, 2.75) is 52.5 Å². The van der Waals surface area contributed by atoms with Crippen LogP contribution < -0.4 is 16.0 Å². The molecule has 3 aromatic heterocycles. The van der Waals surface area contributed by atoms with Crippen LogP contribution in [0.5, 0.6) is 0 Å². The number of rotatable bonds is 14. The van der Waals surface area contributed by atoms with Gasteiger partial charge in [0.25, 0.3) is 11.8 Å². The highest BCUT2D eigenvalue weighted by atomic mass is 32.1. The molecule has 4 rings (SSSR count). The number of benzene rings is 1.